The molecular weight excluding hydrogens is 502 g/mol. The highest BCUT2D eigenvalue weighted by atomic mass is 32.2. The predicted octanol–water partition coefficient (Wildman–Crippen LogP) is 3.00. The second-order valence-electron chi connectivity index (χ2n) is 9.61. The number of halogens is 2. The van der Waals surface area contributed by atoms with Gasteiger partial charge in [-0.3, -0.25) is 20.5 Å². The Balaban J connectivity index is 1.30. The number of anilines is 1. The minimum Gasteiger partial charge on any atom is -0.494 e. The number of alkyl halides is 2. The van der Waals surface area contributed by atoms with Gasteiger partial charge in [0.05, 0.1) is 37.5 Å². The van der Waals surface area contributed by atoms with Gasteiger partial charge >= 0.3 is 0 Å². The molecule has 1 unspecified atom stereocenters. The standard InChI is InChI=1S/C25H24F2N6O3S/c1-35-19-9-28-18(22(26)27)6-16(19)15-7-20(33-10-25(11-33)12-36-13-25)29-8-17(15)23(34)30-24-32-31-21(37-24)5-4-14-2-3-14/h6-9,14,21-22,31H,2-3,10-13H2,1H3,(H,30,32,34). The van der Waals surface area contributed by atoms with E-state index in [-0.39, 0.29) is 22.1 Å². The molecule has 1 amide bonds. The number of thioether (sulfide) groups is 1. The van der Waals surface area contributed by atoms with Gasteiger partial charge in [-0.1, -0.05) is 11.8 Å². The number of rotatable bonds is 5. The molecule has 4 aliphatic rings. The van der Waals surface area contributed by atoms with Gasteiger partial charge in [0.1, 0.15) is 17.3 Å². The van der Waals surface area contributed by atoms with E-state index in [1.807, 2.05) is 0 Å². The van der Waals surface area contributed by atoms with Crippen LogP contribution in [0.1, 0.15) is 35.3 Å². The summed E-state index contributed by atoms with van der Waals surface area (Å²) in [5.41, 5.74) is 3.59. The zero-order chi connectivity index (χ0) is 25.6. The number of nitrogens with zero attached hydrogens (tertiary/aromatic N) is 4. The minimum atomic E-state index is -2.78. The summed E-state index contributed by atoms with van der Waals surface area (Å²) >= 11 is 1.31. The van der Waals surface area contributed by atoms with Crippen LogP contribution in [-0.4, -0.2) is 59.8 Å². The maximum Gasteiger partial charge on any atom is 0.280 e. The van der Waals surface area contributed by atoms with E-state index in [0.717, 1.165) is 25.9 Å². The average molecular weight is 527 g/mol. The topological polar surface area (TPSA) is 101 Å². The molecule has 37 heavy (non-hydrogen) atoms. The number of aromatic nitrogens is 2. The molecule has 1 saturated carbocycles. The van der Waals surface area contributed by atoms with E-state index in [4.69, 9.17) is 9.47 Å². The highest BCUT2D eigenvalue weighted by Gasteiger charge is 2.49. The van der Waals surface area contributed by atoms with E-state index in [1.165, 1.54) is 37.3 Å². The fourth-order valence-corrected chi connectivity index (χ4v) is 5.17. The number of pyridine rings is 2. The molecule has 192 valence electrons. The monoisotopic (exact) mass is 526 g/mol. The van der Waals surface area contributed by atoms with Crippen LogP contribution in [0, 0.1) is 23.2 Å². The van der Waals surface area contributed by atoms with Crippen molar-refractivity contribution in [3.63, 3.8) is 0 Å². The third kappa shape index (κ3) is 4.81. The Kier molecular flexibility index (Phi) is 6.12. The summed E-state index contributed by atoms with van der Waals surface area (Å²) in [7, 11) is 1.43. The van der Waals surface area contributed by atoms with Gasteiger partial charge < -0.3 is 14.4 Å². The maximum atomic E-state index is 13.5. The van der Waals surface area contributed by atoms with Gasteiger partial charge in [-0.05, 0) is 36.7 Å². The molecule has 9 nitrogen and oxygen atoms in total. The van der Waals surface area contributed by atoms with Crippen molar-refractivity contribution in [3.8, 4) is 28.7 Å². The molecule has 2 aromatic rings. The van der Waals surface area contributed by atoms with Crippen LogP contribution >= 0.6 is 11.8 Å². The van der Waals surface area contributed by atoms with Gasteiger partial charge in [0.2, 0.25) is 0 Å². The second-order valence-corrected chi connectivity index (χ2v) is 10.7. The van der Waals surface area contributed by atoms with Crippen molar-refractivity contribution in [1.82, 2.24) is 20.7 Å². The van der Waals surface area contributed by atoms with Gasteiger partial charge in [-0.25, -0.2) is 13.8 Å². The lowest BCUT2D eigenvalue weighted by Gasteiger charge is -2.55. The fraction of sp³-hybridized carbons (Fsp3) is 0.440. The third-order valence-electron chi connectivity index (χ3n) is 6.68. The van der Waals surface area contributed by atoms with Crippen LogP contribution in [0.3, 0.4) is 0 Å². The first-order valence-electron chi connectivity index (χ1n) is 11.9. The molecule has 2 N–H and O–H groups in total. The van der Waals surface area contributed by atoms with Crippen LogP contribution in [0.5, 0.6) is 5.75 Å². The number of nitrogens with one attached hydrogen (secondary N) is 2. The molecule has 0 bridgehead atoms. The number of hydrogen-bond acceptors (Lipinski definition) is 9. The first-order chi connectivity index (χ1) is 17.9. The van der Waals surface area contributed by atoms with Crippen molar-refractivity contribution in [1.29, 1.82) is 0 Å². The predicted molar refractivity (Wildman–Crippen MR) is 134 cm³/mol. The summed E-state index contributed by atoms with van der Waals surface area (Å²) in [4.78, 5) is 23.8. The fourth-order valence-electron chi connectivity index (χ4n) is 4.46. The van der Waals surface area contributed by atoms with E-state index in [2.05, 4.69) is 42.6 Å². The third-order valence-corrected chi connectivity index (χ3v) is 7.55. The first kappa shape index (κ1) is 23.9. The zero-order valence-corrected chi connectivity index (χ0v) is 20.8. The number of ether oxygens (including phenoxy) is 2. The number of hydrogen-bond donors (Lipinski definition) is 2. The average Bonchev–Trinajstić information content (AvgIpc) is 3.58. The minimum absolute atomic E-state index is 0.152. The summed E-state index contributed by atoms with van der Waals surface area (Å²) in [5.74, 6) is 7.20. The SMILES string of the molecule is COc1cnc(C(F)F)cc1-c1cc(N2CC3(COC3)C2)ncc1C(=O)NC1=NNC(C#CC2CC2)S1. The first-order valence-corrected chi connectivity index (χ1v) is 12.8. The molecule has 2 saturated heterocycles. The summed E-state index contributed by atoms with van der Waals surface area (Å²) < 4.78 is 37.8. The summed E-state index contributed by atoms with van der Waals surface area (Å²) in [6.45, 7) is 2.99. The van der Waals surface area contributed by atoms with Crippen LogP contribution in [0.15, 0.2) is 29.6 Å². The Morgan fingerprint density at radius 3 is 2.73 bits per heavy atom. The molecule has 5 heterocycles. The Bertz CT molecular complexity index is 1330. The van der Waals surface area contributed by atoms with Crippen molar-refractivity contribution in [2.45, 2.75) is 24.6 Å². The van der Waals surface area contributed by atoms with Gasteiger partial charge in [-0.15, -0.1) is 0 Å². The quantitative estimate of drug-likeness (QED) is 0.574. The summed E-state index contributed by atoms with van der Waals surface area (Å²) in [5, 5.41) is 7.10. The molecule has 2 aromatic heterocycles. The lowest BCUT2D eigenvalue weighted by molar-refractivity contribution is -0.127. The van der Waals surface area contributed by atoms with E-state index in [1.54, 1.807) is 6.07 Å². The van der Waals surface area contributed by atoms with E-state index in [0.29, 0.717) is 41.2 Å². The molecule has 0 radical (unpaired) electrons. The molecule has 1 spiro atoms. The molecule has 12 heteroatoms. The number of carbonyl (C=O) groups excluding carboxylic acids is 1. The van der Waals surface area contributed by atoms with Crippen LogP contribution in [0.4, 0.5) is 14.6 Å². The molecular formula is C25H24F2N6O3S. The van der Waals surface area contributed by atoms with Crippen molar-refractivity contribution in [2.24, 2.45) is 16.4 Å². The van der Waals surface area contributed by atoms with E-state index >= 15 is 0 Å². The van der Waals surface area contributed by atoms with Crippen LogP contribution < -0.4 is 20.4 Å². The van der Waals surface area contributed by atoms with Crippen molar-refractivity contribution in [2.75, 3.05) is 38.3 Å². The van der Waals surface area contributed by atoms with Gasteiger partial charge in [0, 0.05) is 36.3 Å². The van der Waals surface area contributed by atoms with Crippen molar-refractivity contribution >= 4 is 28.7 Å². The van der Waals surface area contributed by atoms with Gasteiger partial charge in [-0.2, -0.15) is 5.10 Å². The normalized spacial score (nSPS) is 21.4. The Labute approximate surface area is 216 Å². The summed E-state index contributed by atoms with van der Waals surface area (Å²) in [6.07, 6.45) is 2.17. The number of amides is 1. The Morgan fingerprint density at radius 1 is 1.24 bits per heavy atom. The highest BCUT2D eigenvalue weighted by Crippen LogP contribution is 2.42. The largest absolute Gasteiger partial charge is 0.494 e. The van der Waals surface area contributed by atoms with E-state index < -0.39 is 18.0 Å². The number of amidine groups is 1. The van der Waals surface area contributed by atoms with E-state index in [9.17, 15) is 13.6 Å². The number of carbonyl (C=O) groups is 1. The number of hydrazone groups is 1. The lowest BCUT2D eigenvalue weighted by Crippen LogP contribution is -2.66. The van der Waals surface area contributed by atoms with Crippen molar-refractivity contribution in [3.05, 3.63) is 35.8 Å². The molecule has 6 rings (SSSR count). The molecule has 1 aliphatic carbocycles. The Hall–Kier alpha value is -3.43. The smallest absolute Gasteiger partial charge is 0.280 e. The van der Waals surface area contributed by atoms with Crippen molar-refractivity contribution < 1.29 is 23.0 Å². The molecule has 3 aliphatic heterocycles. The van der Waals surface area contributed by atoms with Crippen LogP contribution in [0.25, 0.3) is 11.1 Å². The zero-order valence-electron chi connectivity index (χ0n) is 20.0. The molecule has 0 aromatic carbocycles. The lowest BCUT2D eigenvalue weighted by atomic mass is 9.78. The highest BCUT2D eigenvalue weighted by molar-refractivity contribution is 8.14. The summed E-state index contributed by atoms with van der Waals surface area (Å²) in [6, 6.07) is 2.99. The second kappa shape index (κ2) is 9.46. The molecule has 1 atom stereocenters. The molecule has 3 fully saturated rings. The maximum absolute atomic E-state index is 13.5. The van der Waals surface area contributed by atoms with Crippen LogP contribution in [-0.2, 0) is 4.74 Å². The number of methoxy groups -OCH3 is 1. The Morgan fingerprint density at radius 2 is 2.05 bits per heavy atom. The van der Waals surface area contributed by atoms with Gasteiger partial charge in [0.15, 0.2) is 10.5 Å². The van der Waals surface area contributed by atoms with Gasteiger partial charge in [0.25, 0.3) is 12.3 Å². The van der Waals surface area contributed by atoms with Crippen LogP contribution in [0.2, 0.25) is 0 Å².